The highest BCUT2D eigenvalue weighted by Crippen LogP contribution is 2.19. The van der Waals surface area contributed by atoms with Crippen LogP contribution in [0.3, 0.4) is 0 Å². The van der Waals surface area contributed by atoms with Gasteiger partial charge in [-0.25, -0.2) is 4.39 Å². The van der Waals surface area contributed by atoms with E-state index in [-0.39, 0.29) is 11.7 Å². The maximum atomic E-state index is 13.5. The minimum absolute atomic E-state index is 0.0239. The predicted octanol–water partition coefficient (Wildman–Crippen LogP) is 1.56. The number of carbonyl (C=O) groups excluding carboxylic acids is 1. The average Bonchev–Trinajstić information content (AvgIpc) is 2.72. The van der Waals surface area contributed by atoms with Gasteiger partial charge in [-0.3, -0.25) is 4.79 Å². The molecule has 1 aliphatic heterocycles. The predicted molar refractivity (Wildman–Crippen MR) is 66.7 cm³/mol. The third-order valence-corrected chi connectivity index (χ3v) is 3.30. The van der Waals surface area contributed by atoms with E-state index in [1.54, 1.807) is 0 Å². The quantitative estimate of drug-likeness (QED) is 0.802. The molecule has 0 bridgehead atoms. The number of hydrogen-bond acceptors (Lipinski definition) is 3. The van der Waals surface area contributed by atoms with Crippen molar-refractivity contribution in [1.82, 2.24) is 5.32 Å². The van der Waals surface area contributed by atoms with Crippen molar-refractivity contribution in [3.05, 3.63) is 29.6 Å². The summed E-state index contributed by atoms with van der Waals surface area (Å²) in [6.45, 7) is 3.20. The lowest BCUT2D eigenvalue weighted by Crippen LogP contribution is -2.32. The molecular formula is C13H17FN2O2. The molecule has 2 atom stereocenters. The normalized spacial score (nSPS) is 23.0. The van der Waals surface area contributed by atoms with Crippen molar-refractivity contribution >= 4 is 11.6 Å². The summed E-state index contributed by atoms with van der Waals surface area (Å²) < 4.78 is 18.9. The molecule has 2 unspecified atom stereocenters. The van der Waals surface area contributed by atoms with Crippen molar-refractivity contribution in [2.24, 2.45) is 5.92 Å². The molecule has 18 heavy (non-hydrogen) atoms. The van der Waals surface area contributed by atoms with Crippen LogP contribution in [0, 0.1) is 11.7 Å². The fourth-order valence-corrected chi connectivity index (χ4v) is 2.08. The van der Waals surface area contributed by atoms with E-state index in [1.807, 2.05) is 6.92 Å². The molecule has 0 saturated carbocycles. The maximum Gasteiger partial charge on any atom is 0.254 e. The largest absolute Gasteiger partial charge is 0.399 e. The number of nitrogens with one attached hydrogen (secondary N) is 1. The van der Waals surface area contributed by atoms with Crippen LogP contribution in [-0.4, -0.2) is 25.2 Å². The summed E-state index contributed by atoms with van der Waals surface area (Å²) in [5.41, 5.74) is 5.76. The number of benzene rings is 1. The Morgan fingerprint density at radius 2 is 2.39 bits per heavy atom. The van der Waals surface area contributed by atoms with E-state index in [9.17, 15) is 9.18 Å². The fourth-order valence-electron chi connectivity index (χ4n) is 2.08. The molecule has 2 rings (SSSR count). The number of nitrogen functional groups attached to an aromatic ring is 1. The average molecular weight is 252 g/mol. The van der Waals surface area contributed by atoms with Crippen molar-refractivity contribution in [3.63, 3.8) is 0 Å². The lowest BCUT2D eigenvalue weighted by molar-refractivity contribution is 0.0904. The summed E-state index contributed by atoms with van der Waals surface area (Å²) in [7, 11) is 0. The summed E-state index contributed by atoms with van der Waals surface area (Å²) in [6.07, 6.45) is 1.06. The van der Waals surface area contributed by atoms with Crippen LogP contribution in [0.25, 0.3) is 0 Å². The second-order valence-corrected chi connectivity index (χ2v) is 4.57. The van der Waals surface area contributed by atoms with Crippen LogP contribution in [0.2, 0.25) is 0 Å². The number of amides is 1. The summed E-state index contributed by atoms with van der Waals surface area (Å²) in [6, 6.07) is 4.06. The molecule has 98 valence electrons. The van der Waals surface area contributed by atoms with Gasteiger partial charge in [0.2, 0.25) is 0 Å². The second kappa shape index (κ2) is 5.35. The molecule has 0 aliphatic carbocycles. The smallest absolute Gasteiger partial charge is 0.254 e. The highest BCUT2D eigenvalue weighted by Gasteiger charge is 2.24. The van der Waals surface area contributed by atoms with Gasteiger partial charge in [0.25, 0.3) is 5.91 Å². The molecule has 1 saturated heterocycles. The van der Waals surface area contributed by atoms with Crippen molar-refractivity contribution in [1.29, 1.82) is 0 Å². The van der Waals surface area contributed by atoms with Gasteiger partial charge in [-0.2, -0.15) is 0 Å². The van der Waals surface area contributed by atoms with E-state index in [2.05, 4.69) is 5.32 Å². The summed E-state index contributed by atoms with van der Waals surface area (Å²) in [5.74, 6) is -0.708. The molecule has 0 spiro atoms. The highest BCUT2D eigenvalue weighted by molar-refractivity contribution is 5.94. The number of halogens is 1. The van der Waals surface area contributed by atoms with Crippen LogP contribution in [-0.2, 0) is 4.74 Å². The van der Waals surface area contributed by atoms with Crippen LogP contribution in [0.15, 0.2) is 18.2 Å². The number of carbonyl (C=O) groups is 1. The fraction of sp³-hybridized carbons (Fsp3) is 0.462. The van der Waals surface area contributed by atoms with Gasteiger partial charge in [-0.15, -0.1) is 0 Å². The lowest BCUT2D eigenvalue weighted by Gasteiger charge is -2.14. The summed E-state index contributed by atoms with van der Waals surface area (Å²) in [4.78, 5) is 11.8. The molecule has 1 amide bonds. The van der Waals surface area contributed by atoms with Gasteiger partial charge in [-0.1, -0.05) is 0 Å². The van der Waals surface area contributed by atoms with Gasteiger partial charge in [0.05, 0.1) is 11.7 Å². The number of rotatable bonds is 3. The Labute approximate surface area is 105 Å². The highest BCUT2D eigenvalue weighted by atomic mass is 19.1. The van der Waals surface area contributed by atoms with Gasteiger partial charge in [0.1, 0.15) is 5.82 Å². The monoisotopic (exact) mass is 252 g/mol. The Balaban J connectivity index is 1.95. The zero-order valence-corrected chi connectivity index (χ0v) is 10.3. The van der Waals surface area contributed by atoms with E-state index in [0.29, 0.717) is 18.2 Å². The third-order valence-electron chi connectivity index (χ3n) is 3.30. The first-order valence-corrected chi connectivity index (χ1v) is 6.02. The number of hydrogen-bond donors (Lipinski definition) is 2. The molecule has 1 fully saturated rings. The standard InChI is InChI=1S/C13H17FN2O2/c1-8-9(4-5-18-8)7-16-13(17)11-3-2-10(15)6-12(11)14/h2-3,6,8-9H,4-5,7,15H2,1H3,(H,16,17). The molecular weight excluding hydrogens is 235 g/mol. The SMILES string of the molecule is CC1OCCC1CNC(=O)c1ccc(N)cc1F. The van der Waals surface area contributed by atoms with E-state index < -0.39 is 11.7 Å². The number of nitrogens with two attached hydrogens (primary N) is 1. The second-order valence-electron chi connectivity index (χ2n) is 4.57. The summed E-state index contributed by atoms with van der Waals surface area (Å²) in [5, 5.41) is 2.73. The molecule has 0 radical (unpaired) electrons. The first kappa shape index (κ1) is 12.8. The zero-order valence-electron chi connectivity index (χ0n) is 10.3. The topological polar surface area (TPSA) is 64.3 Å². The Bertz CT molecular complexity index is 451. The van der Waals surface area contributed by atoms with E-state index in [4.69, 9.17) is 10.5 Å². The van der Waals surface area contributed by atoms with Crippen molar-refractivity contribution in [3.8, 4) is 0 Å². The van der Waals surface area contributed by atoms with Crippen LogP contribution in [0.5, 0.6) is 0 Å². The molecule has 4 nitrogen and oxygen atoms in total. The Kier molecular flexibility index (Phi) is 3.81. The van der Waals surface area contributed by atoms with Gasteiger partial charge in [0, 0.05) is 24.8 Å². The van der Waals surface area contributed by atoms with Crippen LogP contribution in [0.1, 0.15) is 23.7 Å². The molecule has 1 heterocycles. The van der Waals surface area contributed by atoms with E-state index >= 15 is 0 Å². The van der Waals surface area contributed by atoms with Crippen LogP contribution >= 0.6 is 0 Å². The van der Waals surface area contributed by atoms with Crippen LogP contribution in [0.4, 0.5) is 10.1 Å². The first-order chi connectivity index (χ1) is 8.58. The Morgan fingerprint density at radius 1 is 1.61 bits per heavy atom. The maximum absolute atomic E-state index is 13.5. The van der Waals surface area contributed by atoms with Crippen molar-refractivity contribution in [2.75, 3.05) is 18.9 Å². The summed E-state index contributed by atoms with van der Waals surface area (Å²) >= 11 is 0. The van der Waals surface area contributed by atoms with E-state index in [0.717, 1.165) is 19.1 Å². The third kappa shape index (κ3) is 2.79. The van der Waals surface area contributed by atoms with Gasteiger partial charge in [-0.05, 0) is 31.5 Å². The van der Waals surface area contributed by atoms with Crippen molar-refractivity contribution in [2.45, 2.75) is 19.4 Å². The number of anilines is 1. The van der Waals surface area contributed by atoms with Gasteiger partial charge in [0.15, 0.2) is 0 Å². The minimum Gasteiger partial charge on any atom is -0.399 e. The van der Waals surface area contributed by atoms with Gasteiger partial charge >= 0.3 is 0 Å². The molecule has 3 N–H and O–H groups in total. The Hall–Kier alpha value is -1.62. The molecule has 5 heteroatoms. The zero-order chi connectivity index (χ0) is 13.1. The molecule has 1 aromatic carbocycles. The lowest BCUT2D eigenvalue weighted by atomic mass is 10.0. The molecule has 1 aromatic rings. The van der Waals surface area contributed by atoms with Crippen LogP contribution < -0.4 is 11.1 Å². The Morgan fingerprint density at radius 3 is 3.00 bits per heavy atom. The molecule has 1 aliphatic rings. The minimum atomic E-state index is -0.594. The van der Waals surface area contributed by atoms with Crippen molar-refractivity contribution < 1.29 is 13.9 Å². The number of ether oxygens (including phenoxy) is 1. The molecule has 0 aromatic heterocycles. The van der Waals surface area contributed by atoms with E-state index in [1.165, 1.54) is 12.1 Å². The van der Waals surface area contributed by atoms with Gasteiger partial charge < -0.3 is 15.8 Å². The first-order valence-electron chi connectivity index (χ1n) is 6.02.